The molecule has 0 aromatic carbocycles. The van der Waals surface area contributed by atoms with Crippen LogP contribution in [0.25, 0.3) is 0 Å². The lowest BCUT2D eigenvalue weighted by molar-refractivity contribution is -0.157. The zero-order valence-corrected chi connectivity index (χ0v) is 11.8. The molecule has 0 bridgehead atoms. The highest BCUT2D eigenvalue weighted by Gasteiger charge is 2.37. The lowest BCUT2D eigenvalue weighted by Crippen LogP contribution is -2.27. The summed E-state index contributed by atoms with van der Waals surface area (Å²) in [5.41, 5.74) is 0. The van der Waals surface area contributed by atoms with Gasteiger partial charge in [0.15, 0.2) is 0 Å². The number of alkyl halides is 3. The number of unbranched alkanes of at least 4 members (excludes halogenated alkanes) is 1. The van der Waals surface area contributed by atoms with Crippen LogP contribution in [-0.4, -0.2) is 25.1 Å². The van der Waals surface area contributed by atoms with Gasteiger partial charge in [0.1, 0.15) is 5.88 Å². The Bertz CT molecular complexity index is 246. The molecule has 0 aromatic heterocycles. The van der Waals surface area contributed by atoms with E-state index in [1.165, 1.54) is 0 Å². The highest BCUT2D eigenvalue weighted by molar-refractivity contribution is 8.09. The van der Waals surface area contributed by atoms with Crippen LogP contribution in [0.15, 0.2) is 0 Å². The molecule has 0 aliphatic rings. The molecule has 0 aliphatic heterocycles. The molecule has 0 radical (unpaired) electrons. The van der Waals surface area contributed by atoms with Crippen LogP contribution >= 0.6 is 18.2 Å². The molecule has 0 spiro atoms. The number of nitrogens with one attached hydrogen (secondary N) is 1. The molecule has 0 saturated carbocycles. The topological polar surface area (TPSA) is 30.5 Å². The fraction of sp³-hybridized carbons (Fsp3) is 1.00. The lowest BCUT2D eigenvalue weighted by Gasteiger charge is -2.26. The van der Waals surface area contributed by atoms with Gasteiger partial charge in [-0.3, -0.25) is 4.52 Å². The molecule has 98 valence electrons. The smallest absolute Gasteiger partial charge is 0.318 e. The summed E-state index contributed by atoms with van der Waals surface area (Å²) < 4.78 is 35.5. The molecule has 1 N–H and O–H groups in total. The Balaban J connectivity index is 4.38. The van der Waals surface area contributed by atoms with Crippen LogP contribution < -0.4 is 5.09 Å². The van der Waals surface area contributed by atoms with Crippen LogP contribution in [0.2, 0.25) is 0 Å². The normalized spacial score (nSPS) is 16.1. The van der Waals surface area contributed by atoms with Gasteiger partial charge in [0.2, 0.25) is 0 Å². The molecule has 8 heteroatoms. The van der Waals surface area contributed by atoms with Gasteiger partial charge in [-0.05, 0) is 25.2 Å². The lowest BCUT2D eigenvalue weighted by atomic mass is 10.3. The minimum atomic E-state index is -3.45. The van der Waals surface area contributed by atoms with Crippen molar-refractivity contribution in [3.05, 3.63) is 0 Å². The fourth-order valence-electron chi connectivity index (χ4n) is 0.867. The van der Waals surface area contributed by atoms with Gasteiger partial charge >= 0.3 is 6.11 Å². The molecule has 16 heavy (non-hydrogen) atoms. The van der Waals surface area contributed by atoms with E-state index in [4.69, 9.17) is 27.9 Å². The van der Waals surface area contributed by atoms with Crippen molar-refractivity contribution in [3.63, 3.8) is 0 Å². The Morgan fingerprint density at radius 2 is 2.06 bits per heavy atom. The molecule has 0 aliphatic carbocycles. The average Bonchev–Trinajstić information content (AvgIpc) is 2.17. The highest BCUT2D eigenvalue weighted by Crippen LogP contribution is 2.49. The maximum atomic E-state index is 13.0. The van der Waals surface area contributed by atoms with Gasteiger partial charge in [-0.15, -0.1) is 11.6 Å². The number of halogens is 3. The monoisotopic (exact) mass is 295 g/mol. The fourth-order valence-corrected chi connectivity index (χ4v) is 3.31. The van der Waals surface area contributed by atoms with Gasteiger partial charge in [0.05, 0.1) is 6.61 Å². The first-order chi connectivity index (χ1) is 7.39. The van der Waals surface area contributed by atoms with E-state index >= 15 is 0 Å². The molecule has 0 saturated heterocycles. The second-order valence-corrected chi connectivity index (χ2v) is 6.50. The van der Waals surface area contributed by atoms with Crippen molar-refractivity contribution in [1.29, 1.82) is 0 Å². The zero-order chi connectivity index (χ0) is 12.7. The van der Waals surface area contributed by atoms with Gasteiger partial charge in [0, 0.05) is 6.54 Å². The Labute approximate surface area is 105 Å². The van der Waals surface area contributed by atoms with E-state index in [1.807, 2.05) is 6.92 Å². The number of hydrogen-bond donors (Lipinski definition) is 1. The van der Waals surface area contributed by atoms with E-state index in [2.05, 4.69) is 9.61 Å². The van der Waals surface area contributed by atoms with Crippen molar-refractivity contribution in [1.82, 2.24) is 5.09 Å². The standard InChI is InChI=1S/C8H17ClF2NO2PS/c1-3-5-6-12-15(16,13-4-2)14-8(10,11)7-9/h3-7H2,1-2H3,(H,12,16). The Hall–Kier alpha value is 0.680. The first-order valence-electron chi connectivity index (χ1n) is 5.03. The second kappa shape index (κ2) is 7.90. The predicted octanol–water partition coefficient (Wildman–Crippen LogP) is 3.49. The zero-order valence-electron chi connectivity index (χ0n) is 9.34. The summed E-state index contributed by atoms with van der Waals surface area (Å²) in [5, 5.41) is 2.73. The van der Waals surface area contributed by atoms with Crippen molar-refractivity contribution in [2.45, 2.75) is 32.8 Å². The van der Waals surface area contributed by atoms with Crippen LogP contribution in [0, 0.1) is 0 Å². The van der Waals surface area contributed by atoms with Crippen molar-refractivity contribution < 1.29 is 17.8 Å². The van der Waals surface area contributed by atoms with E-state index in [-0.39, 0.29) is 6.61 Å². The van der Waals surface area contributed by atoms with Crippen molar-refractivity contribution in [2.24, 2.45) is 0 Å². The average molecular weight is 296 g/mol. The van der Waals surface area contributed by atoms with E-state index in [1.54, 1.807) is 6.92 Å². The van der Waals surface area contributed by atoms with Crippen molar-refractivity contribution in [3.8, 4) is 0 Å². The number of hydrogen-bond acceptors (Lipinski definition) is 3. The van der Waals surface area contributed by atoms with Crippen LogP contribution in [-0.2, 0) is 20.9 Å². The maximum Gasteiger partial charge on any atom is 0.375 e. The Kier molecular flexibility index (Phi) is 8.24. The summed E-state index contributed by atoms with van der Waals surface area (Å²) in [4.78, 5) is 0. The Morgan fingerprint density at radius 1 is 1.44 bits per heavy atom. The molecular weight excluding hydrogens is 279 g/mol. The predicted molar refractivity (Wildman–Crippen MR) is 65.6 cm³/mol. The summed E-state index contributed by atoms with van der Waals surface area (Å²) in [5.74, 6) is -0.937. The first-order valence-corrected chi connectivity index (χ1v) is 8.20. The van der Waals surface area contributed by atoms with Gasteiger partial charge in [0.25, 0.3) is 6.64 Å². The quantitative estimate of drug-likeness (QED) is 0.401. The largest absolute Gasteiger partial charge is 0.375 e. The summed E-state index contributed by atoms with van der Waals surface area (Å²) in [7, 11) is 0. The molecular formula is C8H17ClF2NO2PS. The molecule has 0 aromatic rings. The van der Waals surface area contributed by atoms with Crippen LogP contribution in [0.3, 0.4) is 0 Å². The third kappa shape index (κ3) is 7.09. The van der Waals surface area contributed by atoms with Gasteiger partial charge < -0.3 is 4.52 Å². The molecule has 0 amide bonds. The third-order valence-corrected chi connectivity index (χ3v) is 4.50. The van der Waals surface area contributed by atoms with E-state index in [9.17, 15) is 8.78 Å². The summed E-state index contributed by atoms with van der Waals surface area (Å²) >= 11 is 10.0. The first kappa shape index (κ1) is 16.7. The second-order valence-electron chi connectivity index (χ2n) is 3.04. The third-order valence-electron chi connectivity index (χ3n) is 1.54. The SMILES string of the molecule is CCCCNP(=S)(OCC)OC(F)(F)CCl. The highest BCUT2D eigenvalue weighted by atomic mass is 35.5. The maximum absolute atomic E-state index is 13.0. The van der Waals surface area contributed by atoms with E-state index < -0.39 is 18.6 Å². The minimum Gasteiger partial charge on any atom is -0.318 e. The molecule has 1 unspecified atom stereocenters. The van der Waals surface area contributed by atoms with Crippen LogP contribution in [0.4, 0.5) is 8.78 Å². The molecule has 0 fully saturated rings. The van der Waals surface area contributed by atoms with Gasteiger partial charge in [-0.25, -0.2) is 5.09 Å². The van der Waals surface area contributed by atoms with Crippen molar-refractivity contribution in [2.75, 3.05) is 19.0 Å². The van der Waals surface area contributed by atoms with Gasteiger partial charge in [-0.1, -0.05) is 13.3 Å². The number of rotatable bonds is 9. The van der Waals surface area contributed by atoms with E-state index in [0.717, 1.165) is 12.8 Å². The molecule has 0 rings (SSSR count). The van der Waals surface area contributed by atoms with Crippen LogP contribution in [0.5, 0.6) is 0 Å². The minimum absolute atomic E-state index is 0.217. The molecule has 1 atom stereocenters. The summed E-state index contributed by atoms with van der Waals surface area (Å²) in [6, 6.07) is 0. The Morgan fingerprint density at radius 3 is 2.50 bits per heavy atom. The van der Waals surface area contributed by atoms with Gasteiger partial charge in [-0.2, -0.15) is 8.78 Å². The molecule has 3 nitrogen and oxygen atoms in total. The van der Waals surface area contributed by atoms with Crippen LogP contribution in [0.1, 0.15) is 26.7 Å². The molecule has 0 heterocycles. The van der Waals surface area contributed by atoms with Crippen molar-refractivity contribution >= 4 is 30.1 Å². The van der Waals surface area contributed by atoms with E-state index in [0.29, 0.717) is 6.54 Å². The summed E-state index contributed by atoms with van der Waals surface area (Å²) in [6.07, 6.45) is -1.70. The summed E-state index contributed by atoms with van der Waals surface area (Å²) in [6.45, 7) is 1.23.